The van der Waals surface area contributed by atoms with Crippen molar-refractivity contribution in [2.45, 2.75) is 25.9 Å². The molecule has 3 rings (SSSR count). The third kappa shape index (κ3) is 2.58. The Morgan fingerprint density at radius 1 is 1.27 bits per heavy atom. The number of rotatable bonds is 3. The second-order valence-electron chi connectivity index (χ2n) is 5.46. The molecule has 22 heavy (non-hydrogen) atoms. The Kier molecular flexibility index (Phi) is 3.87. The molecular weight excluding hydrogens is 298 g/mol. The number of nitrogens with zero attached hydrogens (tertiary/aromatic N) is 1. The van der Waals surface area contributed by atoms with Crippen LogP contribution in [0, 0.1) is 11.3 Å². The second-order valence-corrected chi connectivity index (χ2v) is 5.87. The monoisotopic (exact) mass is 311 g/mol. The molecule has 1 aliphatic rings. The SMILES string of the molecule is CC1CC(=O)c2c(OCc3ccc(C#N)cc3)ccc(Cl)c21. The summed E-state index contributed by atoms with van der Waals surface area (Å²) in [6.07, 6.45) is 0.478. The number of Topliss-reactive ketones (excluding diaryl/α,β-unsaturated/α-hetero) is 1. The third-order valence-corrected chi connectivity index (χ3v) is 4.22. The van der Waals surface area contributed by atoms with Gasteiger partial charge in [0.25, 0.3) is 0 Å². The van der Waals surface area contributed by atoms with E-state index in [4.69, 9.17) is 21.6 Å². The van der Waals surface area contributed by atoms with E-state index in [1.54, 1.807) is 24.3 Å². The molecule has 4 heteroatoms. The van der Waals surface area contributed by atoms with Crippen LogP contribution < -0.4 is 4.74 Å². The summed E-state index contributed by atoms with van der Waals surface area (Å²) in [5.41, 5.74) is 3.07. The van der Waals surface area contributed by atoms with Gasteiger partial charge in [-0.1, -0.05) is 30.7 Å². The topological polar surface area (TPSA) is 50.1 Å². The number of nitriles is 1. The summed E-state index contributed by atoms with van der Waals surface area (Å²) in [7, 11) is 0. The molecule has 0 N–H and O–H groups in total. The zero-order chi connectivity index (χ0) is 15.7. The van der Waals surface area contributed by atoms with Crippen LogP contribution in [0.1, 0.15) is 46.3 Å². The van der Waals surface area contributed by atoms with Crippen LogP contribution in [0.3, 0.4) is 0 Å². The van der Waals surface area contributed by atoms with E-state index in [0.717, 1.165) is 11.1 Å². The van der Waals surface area contributed by atoms with Crippen LogP contribution in [0.15, 0.2) is 36.4 Å². The second kappa shape index (κ2) is 5.82. The van der Waals surface area contributed by atoms with Gasteiger partial charge in [-0.2, -0.15) is 5.26 Å². The molecule has 0 saturated heterocycles. The normalized spacial score (nSPS) is 16.2. The van der Waals surface area contributed by atoms with Crippen LogP contribution in [0.4, 0.5) is 0 Å². The fourth-order valence-corrected chi connectivity index (χ4v) is 3.13. The summed E-state index contributed by atoms with van der Waals surface area (Å²) in [6, 6.07) is 12.8. The first-order chi connectivity index (χ1) is 10.6. The van der Waals surface area contributed by atoms with Gasteiger partial charge < -0.3 is 4.74 Å². The highest BCUT2D eigenvalue weighted by atomic mass is 35.5. The number of carbonyl (C=O) groups is 1. The van der Waals surface area contributed by atoms with Crippen LogP contribution in [0.2, 0.25) is 5.02 Å². The van der Waals surface area contributed by atoms with E-state index >= 15 is 0 Å². The summed E-state index contributed by atoms with van der Waals surface area (Å²) in [5, 5.41) is 9.42. The number of hydrogen-bond acceptors (Lipinski definition) is 3. The van der Waals surface area contributed by atoms with Crippen molar-refractivity contribution in [3.05, 3.63) is 63.7 Å². The van der Waals surface area contributed by atoms with Crippen LogP contribution in [-0.4, -0.2) is 5.78 Å². The van der Waals surface area contributed by atoms with Gasteiger partial charge in [0.05, 0.1) is 17.2 Å². The fraction of sp³-hybridized carbons (Fsp3) is 0.222. The maximum Gasteiger partial charge on any atom is 0.167 e. The number of ketones is 1. The Hall–Kier alpha value is -2.31. The summed E-state index contributed by atoms with van der Waals surface area (Å²) in [5.74, 6) is 0.798. The van der Waals surface area contributed by atoms with Crippen LogP contribution >= 0.6 is 11.6 Å². The Morgan fingerprint density at radius 2 is 2.00 bits per heavy atom. The van der Waals surface area contributed by atoms with Gasteiger partial charge in [-0.15, -0.1) is 0 Å². The Bertz CT molecular complexity index is 775. The molecule has 1 atom stereocenters. The van der Waals surface area contributed by atoms with Crippen molar-refractivity contribution < 1.29 is 9.53 Å². The molecule has 0 amide bonds. The number of carbonyl (C=O) groups excluding carboxylic acids is 1. The molecule has 0 saturated carbocycles. The van der Waals surface area contributed by atoms with E-state index in [9.17, 15) is 4.79 Å². The molecule has 0 heterocycles. The van der Waals surface area contributed by atoms with Gasteiger partial charge in [0.1, 0.15) is 12.4 Å². The number of hydrogen-bond donors (Lipinski definition) is 0. The summed E-state index contributed by atoms with van der Waals surface area (Å²) in [6.45, 7) is 2.35. The molecule has 1 aliphatic carbocycles. The van der Waals surface area contributed by atoms with Gasteiger partial charge in [0.15, 0.2) is 5.78 Å². The fourth-order valence-electron chi connectivity index (χ4n) is 2.78. The summed E-state index contributed by atoms with van der Waals surface area (Å²) in [4.78, 5) is 12.2. The Morgan fingerprint density at radius 3 is 2.68 bits per heavy atom. The van der Waals surface area contributed by atoms with Gasteiger partial charge in [0.2, 0.25) is 0 Å². The number of fused-ring (bicyclic) bond motifs is 1. The Labute approximate surface area is 134 Å². The molecule has 0 spiro atoms. The van der Waals surface area contributed by atoms with Crippen molar-refractivity contribution >= 4 is 17.4 Å². The van der Waals surface area contributed by atoms with E-state index in [0.29, 0.717) is 34.9 Å². The first-order valence-electron chi connectivity index (χ1n) is 7.07. The van der Waals surface area contributed by atoms with Gasteiger partial charge in [-0.05, 0) is 41.3 Å². The molecule has 0 bridgehead atoms. The van der Waals surface area contributed by atoms with E-state index in [1.807, 2.05) is 19.1 Å². The minimum Gasteiger partial charge on any atom is -0.488 e. The summed E-state index contributed by atoms with van der Waals surface area (Å²) < 4.78 is 5.82. The molecule has 2 aromatic rings. The van der Waals surface area contributed by atoms with E-state index in [2.05, 4.69) is 6.07 Å². The molecular formula is C18H14ClNO2. The molecule has 3 nitrogen and oxygen atoms in total. The van der Waals surface area contributed by atoms with E-state index in [1.165, 1.54) is 0 Å². The third-order valence-electron chi connectivity index (χ3n) is 3.89. The highest BCUT2D eigenvalue weighted by Crippen LogP contribution is 2.42. The van der Waals surface area contributed by atoms with Crippen molar-refractivity contribution in [2.24, 2.45) is 0 Å². The average molecular weight is 312 g/mol. The first-order valence-corrected chi connectivity index (χ1v) is 7.45. The Balaban J connectivity index is 1.85. The predicted octanol–water partition coefficient (Wildman–Crippen LogP) is 4.48. The van der Waals surface area contributed by atoms with Gasteiger partial charge >= 0.3 is 0 Å². The largest absolute Gasteiger partial charge is 0.488 e. The molecule has 0 radical (unpaired) electrons. The van der Waals surface area contributed by atoms with Crippen molar-refractivity contribution in [3.63, 3.8) is 0 Å². The van der Waals surface area contributed by atoms with Crippen LogP contribution in [-0.2, 0) is 6.61 Å². The van der Waals surface area contributed by atoms with Crippen molar-refractivity contribution in [1.82, 2.24) is 0 Å². The molecule has 110 valence electrons. The van der Waals surface area contributed by atoms with E-state index in [-0.39, 0.29) is 11.7 Å². The van der Waals surface area contributed by atoms with Gasteiger partial charge in [-0.25, -0.2) is 0 Å². The first kappa shape index (κ1) is 14.6. The standard InChI is InChI=1S/C18H14ClNO2/c1-11-8-15(21)18-16(7-6-14(19)17(11)18)22-10-13-4-2-12(9-20)3-5-13/h2-7,11H,8,10H2,1H3. The number of ether oxygens (including phenoxy) is 1. The van der Waals surface area contributed by atoms with Crippen molar-refractivity contribution in [1.29, 1.82) is 5.26 Å². The average Bonchev–Trinajstić information content (AvgIpc) is 2.83. The summed E-state index contributed by atoms with van der Waals surface area (Å²) >= 11 is 6.21. The van der Waals surface area contributed by atoms with Gasteiger partial charge in [0, 0.05) is 11.4 Å². The molecule has 0 aromatic heterocycles. The minimum absolute atomic E-state index is 0.0832. The van der Waals surface area contributed by atoms with Crippen LogP contribution in [0.25, 0.3) is 0 Å². The quantitative estimate of drug-likeness (QED) is 0.839. The molecule has 2 aromatic carbocycles. The lowest BCUT2D eigenvalue weighted by Crippen LogP contribution is -2.02. The lowest BCUT2D eigenvalue weighted by Gasteiger charge is -2.12. The van der Waals surface area contributed by atoms with Crippen molar-refractivity contribution in [3.8, 4) is 11.8 Å². The minimum atomic E-state index is 0.0832. The van der Waals surface area contributed by atoms with Crippen LogP contribution in [0.5, 0.6) is 5.75 Å². The highest BCUT2D eigenvalue weighted by Gasteiger charge is 2.31. The highest BCUT2D eigenvalue weighted by molar-refractivity contribution is 6.32. The van der Waals surface area contributed by atoms with E-state index < -0.39 is 0 Å². The maximum atomic E-state index is 12.2. The zero-order valence-corrected chi connectivity index (χ0v) is 12.9. The molecule has 0 aliphatic heterocycles. The molecule has 0 fully saturated rings. The van der Waals surface area contributed by atoms with Gasteiger partial charge in [-0.3, -0.25) is 4.79 Å². The van der Waals surface area contributed by atoms with Crippen molar-refractivity contribution in [2.75, 3.05) is 0 Å². The number of benzene rings is 2. The lowest BCUT2D eigenvalue weighted by molar-refractivity contribution is 0.0986. The number of halogens is 1. The smallest absolute Gasteiger partial charge is 0.167 e. The molecule has 1 unspecified atom stereocenters. The lowest BCUT2D eigenvalue weighted by atomic mass is 10.0. The predicted molar refractivity (Wildman–Crippen MR) is 84.3 cm³/mol. The maximum absolute atomic E-state index is 12.2. The zero-order valence-electron chi connectivity index (χ0n) is 12.1.